The molecule has 1 heterocycles. The van der Waals surface area contributed by atoms with Crippen molar-refractivity contribution in [3.63, 3.8) is 0 Å². The van der Waals surface area contributed by atoms with Gasteiger partial charge in [-0.1, -0.05) is 0 Å². The predicted octanol–water partition coefficient (Wildman–Crippen LogP) is 0.799. The maximum Gasteiger partial charge on any atom is 0.241 e. The molecule has 2 rings (SSSR count). The Morgan fingerprint density at radius 1 is 1.48 bits per heavy atom. The molecule has 1 fully saturated rings. The van der Waals surface area contributed by atoms with Gasteiger partial charge in [0.2, 0.25) is 5.91 Å². The van der Waals surface area contributed by atoms with Gasteiger partial charge in [0.1, 0.15) is 5.75 Å². The second kappa shape index (κ2) is 7.07. The largest absolute Gasteiger partial charge is 0.495 e. The van der Waals surface area contributed by atoms with Crippen LogP contribution in [0.2, 0.25) is 0 Å². The lowest BCUT2D eigenvalue weighted by atomic mass is 10.2. The molecule has 0 radical (unpaired) electrons. The maximum absolute atomic E-state index is 12.3. The lowest BCUT2D eigenvalue weighted by Gasteiger charge is -2.31. The van der Waals surface area contributed by atoms with Gasteiger partial charge in [-0.3, -0.25) is 9.69 Å². The van der Waals surface area contributed by atoms with E-state index in [1.54, 1.807) is 18.2 Å². The first-order valence-electron chi connectivity index (χ1n) is 6.99. The van der Waals surface area contributed by atoms with Crippen LogP contribution in [0.25, 0.3) is 0 Å². The van der Waals surface area contributed by atoms with Gasteiger partial charge in [0.15, 0.2) is 0 Å². The lowest BCUT2D eigenvalue weighted by molar-refractivity contribution is -0.121. The van der Waals surface area contributed by atoms with Crippen molar-refractivity contribution in [1.82, 2.24) is 10.2 Å². The Bertz CT molecular complexity index is 547. The number of rotatable bonds is 4. The van der Waals surface area contributed by atoms with Gasteiger partial charge < -0.3 is 15.4 Å². The van der Waals surface area contributed by atoms with Crippen molar-refractivity contribution >= 4 is 11.6 Å². The van der Waals surface area contributed by atoms with Crippen LogP contribution in [-0.4, -0.2) is 50.1 Å². The second-order valence-electron chi connectivity index (χ2n) is 4.98. The van der Waals surface area contributed by atoms with E-state index >= 15 is 0 Å². The van der Waals surface area contributed by atoms with Gasteiger partial charge in [0.05, 0.1) is 30.5 Å². The number of anilines is 1. The Morgan fingerprint density at radius 2 is 2.19 bits per heavy atom. The van der Waals surface area contributed by atoms with E-state index in [9.17, 15) is 4.79 Å². The first-order valence-corrected chi connectivity index (χ1v) is 6.99. The van der Waals surface area contributed by atoms with E-state index in [0.29, 0.717) is 17.0 Å². The van der Waals surface area contributed by atoms with E-state index in [-0.39, 0.29) is 11.9 Å². The smallest absolute Gasteiger partial charge is 0.241 e. The molecule has 0 bridgehead atoms. The van der Waals surface area contributed by atoms with Crippen molar-refractivity contribution in [3.05, 3.63) is 23.8 Å². The standard InChI is InChI=1S/C15H20N4O2/c1-11(19-7-5-17-6-8-19)15(20)18-13-4-3-12(10-16)9-14(13)21-2/h3-4,9,11,17H,5-8H2,1-2H3,(H,18,20). The normalized spacial score (nSPS) is 16.8. The molecule has 1 aromatic carbocycles. The monoisotopic (exact) mass is 288 g/mol. The highest BCUT2D eigenvalue weighted by molar-refractivity contribution is 5.95. The van der Waals surface area contributed by atoms with Gasteiger partial charge in [0, 0.05) is 32.2 Å². The molecule has 1 amide bonds. The topological polar surface area (TPSA) is 77.4 Å². The number of piperazine rings is 1. The molecule has 0 aromatic heterocycles. The average Bonchev–Trinajstić information content (AvgIpc) is 2.55. The van der Waals surface area contributed by atoms with E-state index in [2.05, 4.69) is 15.5 Å². The van der Waals surface area contributed by atoms with Crippen LogP contribution in [0.4, 0.5) is 5.69 Å². The van der Waals surface area contributed by atoms with Crippen molar-refractivity contribution in [3.8, 4) is 11.8 Å². The SMILES string of the molecule is COc1cc(C#N)ccc1NC(=O)C(C)N1CCNCC1. The summed E-state index contributed by atoms with van der Waals surface area (Å²) in [6, 6.07) is 6.82. The van der Waals surface area contributed by atoms with E-state index in [1.807, 2.05) is 13.0 Å². The van der Waals surface area contributed by atoms with Crippen molar-refractivity contribution in [2.75, 3.05) is 38.6 Å². The van der Waals surface area contributed by atoms with E-state index in [1.165, 1.54) is 7.11 Å². The number of carbonyl (C=O) groups is 1. The molecule has 2 N–H and O–H groups in total. The summed E-state index contributed by atoms with van der Waals surface area (Å²) in [6.07, 6.45) is 0. The molecule has 21 heavy (non-hydrogen) atoms. The Kier molecular flexibility index (Phi) is 5.14. The molecule has 0 aliphatic carbocycles. The lowest BCUT2D eigenvalue weighted by Crippen LogP contribution is -2.51. The van der Waals surface area contributed by atoms with Gasteiger partial charge in [0.25, 0.3) is 0 Å². The fourth-order valence-corrected chi connectivity index (χ4v) is 2.34. The van der Waals surface area contributed by atoms with Crippen LogP contribution in [0, 0.1) is 11.3 Å². The van der Waals surface area contributed by atoms with Gasteiger partial charge in [-0.2, -0.15) is 5.26 Å². The summed E-state index contributed by atoms with van der Waals surface area (Å²) in [4.78, 5) is 14.5. The fraction of sp³-hybridized carbons (Fsp3) is 0.467. The third-order valence-electron chi connectivity index (χ3n) is 3.67. The Balaban J connectivity index is 2.06. The number of ether oxygens (including phenoxy) is 1. The van der Waals surface area contributed by atoms with Crippen LogP contribution in [0.1, 0.15) is 12.5 Å². The zero-order valence-electron chi connectivity index (χ0n) is 12.3. The van der Waals surface area contributed by atoms with Crippen molar-refractivity contribution < 1.29 is 9.53 Å². The van der Waals surface area contributed by atoms with Crippen LogP contribution in [0.15, 0.2) is 18.2 Å². The minimum Gasteiger partial charge on any atom is -0.495 e. The van der Waals surface area contributed by atoms with Crippen LogP contribution < -0.4 is 15.4 Å². The molecule has 1 aromatic rings. The molecule has 1 saturated heterocycles. The first-order chi connectivity index (χ1) is 10.2. The van der Waals surface area contributed by atoms with E-state index < -0.39 is 0 Å². The number of methoxy groups -OCH3 is 1. The van der Waals surface area contributed by atoms with Gasteiger partial charge in [-0.05, 0) is 19.1 Å². The summed E-state index contributed by atoms with van der Waals surface area (Å²) in [7, 11) is 1.52. The van der Waals surface area contributed by atoms with Crippen LogP contribution in [0.5, 0.6) is 5.75 Å². The van der Waals surface area contributed by atoms with Crippen LogP contribution in [0.3, 0.4) is 0 Å². The molecular weight excluding hydrogens is 268 g/mol. The third-order valence-corrected chi connectivity index (χ3v) is 3.67. The average molecular weight is 288 g/mol. The van der Waals surface area contributed by atoms with Crippen molar-refractivity contribution in [2.24, 2.45) is 0 Å². The zero-order valence-corrected chi connectivity index (χ0v) is 12.3. The number of hydrogen-bond donors (Lipinski definition) is 2. The Hall–Kier alpha value is -2.10. The molecule has 112 valence electrons. The Morgan fingerprint density at radius 3 is 2.81 bits per heavy atom. The summed E-state index contributed by atoms with van der Waals surface area (Å²) in [5.41, 5.74) is 1.09. The molecule has 1 atom stereocenters. The predicted molar refractivity (Wildman–Crippen MR) is 80.2 cm³/mol. The van der Waals surface area contributed by atoms with Gasteiger partial charge in [-0.25, -0.2) is 0 Å². The number of hydrogen-bond acceptors (Lipinski definition) is 5. The fourth-order valence-electron chi connectivity index (χ4n) is 2.34. The van der Waals surface area contributed by atoms with Crippen LogP contribution in [-0.2, 0) is 4.79 Å². The Labute approximate surface area is 124 Å². The highest BCUT2D eigenvalue weighted by Gasteiger charge is 2.23. The molecule has 6 heteroatoms. The summed E-state index contributed by atoms with van der Waals surface area (Å²) in [5, 5.41) is 15.0. The number of amides is 1. The van der Waals surface area contributed by atoms with Gasteiger partial charge in [-0.15, -0.1) is 0 Å². The number of nitriles is 1. The number of benzene rings is 1. The summed E-state index contributed by atoms with van der Waals surface area (Å²) >= 11 is 0. The molecule has 1 aliphatic rings. The highest BCUT2D eigenvalue weighted by Crippen LogP contribution is 2.25. The second-order valence-corrected chi connectivity index (χ2v) is 4.98. The van der Waals surface area contributed by atoms with Crippen LogP contribution >= 0.6 is 0 Å². The van der Waals surface area contributed by atoms with Gasteiger partial charge >= 0.3 is 0 Å². The summed E-state index contributed by atoms with van der Waals surface area (Å²) < 4.78 is 5.22. The third kappa shape index (κ3) is 3.72. The van der Waals surface area contributed by atoms with E-state index in [4.69, 9.17) is 10.00 Å². The number of nitrogens with zero attached hydrogens (tertiary/aromatic N) is 2. The zero-order chi connectivity index (χ0) is 15.2. The highest BCUT2D eigenvalue weighted by atomic mass is 16.5. The van der Waals surface area contributed by atoms with Crippen molar-refractivity contribution in [1.29, 1.82) is 5.26 Å². The number of nitrogens with one attached hydrogen (secondary N) is 2. The summed E-state index contributed by atoms with van der Waals surface area (Å²) in [6.45, 7) is 5.42. The molecule has 0 spiro atoms. The summed E-state index contributed by atoms with van der Waals surface area (Å²) in [5.74, 6) is 0.426. The maximum atomic E-state index is 12.3. The molecule has 1 unspecified atom stereocenters. The van der Waals surface area contributed by atoms with E-state index in [0.717, 1.165) is 26.2 Å². The first kappa shape index (κ1) is 15.3. The molecule has 0 saturated carbocycles. The molecule has 6 nitrogen and oxygen atoms in total. The number of carbonyl (C=O) groups excluding carboxylic acids is 1. The minimum absolute atomic E-state index is 0.0695. The molecular formula is C15H20N4O2. The minimum atomic E-state index is -0.201. The molecule has 1 aliphatic heterocycles. The quantitative estimate of drug-likeness (QED) is 0.857. The van der Waals surface area contributed by atoms with Crippen molar-refractivity contribution in [2.45, 2.75) is 13.0 Å².